The fourth-order valence-corrected chi connectivity index (χ4v) is 5.00. The number of nitrogens with one attached hydrogen (secondary N) is 1. The van der Waals surface area contributed by atoms with Crippen molar-refractivity contribution in [3.63, 3.8) is 0 Å². The van der Waals surface area contributed by atoms with Crippen LogP contribution >= 0.6 is 27.5 Å². The fourth-order valence-electron chi connectivity index (χ4n) is 3.49. The van der Waals surface area contributed by atoms with Crippen molar-refractivity contribution in [3.8, 4) is 11.5 Å². The van der Waals surface area contributed by atoms with E-state index in [1.165, 1.54) is 0 Å². The molecular formula is C23H28BrClN2O4S. The van der Waals surface area contributed by atoms with Gasteiger partial charge < -0.3 is 9.47 Å². The SMILES string of the molecule is Cc1nc(Cl)cc2c1Oc1ccc(Br)cc1C2(CC(=O)OC(C)(C)C)NS(=O)C(C)(C)C. The summed E-state index contributed by atoms with van der Waals surface area (Å²) in [7, 11) is -1.54. The molecule has 1 aliphatic rings. The molecule has 0 bridgehead atoms. The van der Waals surface area contributed by atoms with E-state index in [1.807, 2.05) is 59.7 Å². The number of benzene rings is 1. The molecule has 1 N–H and O–H groups in total. The van der Waals surface area contributed by atoms with Crippen LogP contribution in [0.15, 0.2) is 28.7 Å². The van der Waals surface area contributed by atoms with Gasteiger partial charge in [0.25, 0.3) is 0 Å². The number of fused-ring (bicyclic) bond motifs is 2. The number of rotatable bonds is 4. The largest absolute Gasteiger partial charge is 0.460 e. The van der Waals surface area contributed by atoms with Gasteiger partial charge in [-0.05, 0) is 72.7 Å². The van der Waals surface area contributed by atoms with Gasteiger partial charge in [-0.2, -0.15) is 0 Å². The smallest absolute Gasteiger partial charge is 0.308 e. The van der Waals surface area contributed by atoms with Gasteiger partial charge >= 0.3 is 5.97 Å². The van der Waals surface area contributed by atoms with Crippen LogP contribution < -0.4 is 9.46 Å². The predicted molar refractivity (Wildman–Crippen MR) is 130 cm³/mol. The Kier molecular flexibility index (Phi) is 6.84. The van der Waals surface area contributed by atoms with E-state index in [2.05, 4.69) is 25.6 Å². The van der Waals surface area contributed by atoms with Crippen LogP contribution in [0.5, 0.6) is 11.5 Å². The molecule has 0 fully saturated rings. The molecule has 0 spiro atoms. The summed E-state index contributed by atoms with van der Waals surface area (Å²) in [6.45, 7) is 12.8. The van der Waals surface area contributed by atoms with Gasteiger partial charge in [-0.25, -0.2) is 13.9 Å². The number of nitrogens with zero attached hydrogens (tertiary/aromatic N) is 1. The molecule has 0 saturated heterocycles. The van der Waals surface area contributed by atoms with E-state index in [-0.39, 0.29) is 11.6 Å². The normalized spacial score (nSPS) is 18.9. The highest BCUT2D eigenvalue weighted by Gasteiger charge is 2.48. The molecule has 1 aromatic carbocycles. The van der Waals surface area contributed by atoms with E-state index >= 15 is 0 Å². The zero-order chi connectivity index (χ0) is 24.1. The number of hydrogen-bond donors (Lipinski definition) is 1. The molecule has 32 heavy (non-hydrogen) atoms. The maximum absolute atomic E-state index is 13.4. The summed E-state index contributed by atoms with van der Waals surface area (Å²) in [6, 6.07) is 7.17. The van der Waals surface area contributed by atoms with Crippen LogP contribution in [-0.2, 0) is 26.1 Å². The number of aryl methyl sites for hydroxylation is 1. The lowest BCUT2D eigenvalue weighted by atomic mass is 9.78. The van der Waals surface area contributed by atoms with Crippen LogP contribution in [0, 0.1) is 6.92 Å². The van der Waals surface area contributed by atoms with Gasteiger partial charge in [-0.3, -0.25) is 4.79 Å². The van der Waals surface area contributed by atoms with E-state index < -0.39 is 32.8 Å². The molecule has 2 aromatic rings. The lowest BCUT2D eigenvalue weighted by molar-refractivity contribution is -0.156. The van der Waals surface area contributed by atoms with Crippen molar-refractivity contribution < 1.29 is 18.5 Å². The quantitative estimate of drug-likeness (QED) is 0.381. The molecule has 2 heterocycles. The maximum Gasteiger partial charge on any atom is 0.308 e. The molecule has 0 amide bonds. The number of pyridine rings is 1. The Morgan fingerprint density at radius 1 is 1.22 bits per heavy atom. The summed E-state index contributed by atoms with van der Waals surface area (Å²) >= 11 is 9.86. The number of esters is 1. The Bertz CT molecular complexity index is 1090. The summed E-state index contributed by atoms with van der Waals surface area (Å²) in [5.41, 5.74) is -0.0854. The second kappa shape index (κ2) is 8.70. The molecule has 9 heteroatoms. The minimum atomic E-state index is -1.54. The predicted octanol–water partition coefficient (Wildman–Crippen LogP) is 5.94. The van der Waals surface area contributed by atoms with Gasteiger partial charge in [-0.1, -0.05) is 27.5 Å². The summed E-state index contributed by atoms with van der Waals surface area (Å²) < 4.78 is 28.7. The first-order valence-electron chi connectivity index (χ1n) is 10.2. The Labute approximate surface area is 205 Å². The van der Waals surface area contributed by atoms with E-state index in [9.17, 15) is 9.00 Å². The third-order valence-electron chi connectivity index (χ3n) is 4.84. The molecule has 6 nitrogen and oxygen atoms in total. The molecule has 2 unspecified atom stereocenters. The number of aromatic nitrogens is 1. The van der Waals surface area contributed by atoms with Crippen molar-refractivity contribution in [2.45, 2.75) is 70.8 Å². The van der Waals surface area contributed by atoms with Crippen molar-refractivity contribution in [2.75, 3.05) is 0 Å². The first-order valence-corrected chi connectivity index (χ1v) is 12.5. The molecule has 0 radical (unpaired) electrons. The zero-order valence-corrected chi connectivity index (χ0v) is 22.4. The monoisotopic (exact) mass is 542 g/mol. The lowest BCUT2D eigenvalue weighted by Gasteiger charge is -2.42. The number of halogens is 2. The summed E-state index contributed by atoms with van der Waals surface area (Å²) in [5.74, 6) is 0.571. The Morgan fingerprint density at radius 3 is 2.47 bits per heavy atom. The van der Waals surface area contributed by atoms with Gasteiger partial charge in [-0.15, -0.1) is 0 Å². The maximum atomic E-state index is 13.4. The molecule has 2 atom stereocenters. The van der Waals surface area contributed by atoms with Crippen LogP contribution in [0.3, 0.4) is 0 Å². The Hall–Kier alpha value is -1.48. The number of carbonyl (C=O) groups excluding carboxylic acids is 1. The zero-order valence-electron chi connectivity index (χ0n) is 19.3. The first-order chi connectivity index (χ1) is 14.6. The van der Waals surface area contributed by atoms with E-state index in [4.69, 9.17) is 21.1 Å². The molecular weight excluding hydrogens is 516 g/mol. The second-order valence-corrected chi connectivity index (χ2v) is 13.1. The summed E-state index contributed by atoms with van der Waals surface area (Å²) in [5, 5.41) is 0.250. The van der Waals surface area contributed by atoms with Crippen molar-refractivity contribution in [3.05, 3.63) is 50.7 Å². The highest BCUT2D eigenvalue weighted by atomic mass is 79.9. The summed E-state index contributed by atoms with van der Waals surface area (Å²) in [4.78, 5) is 17.5. The van der Waals surface area contributed by atoms with Crippen LogP contribution in [0.2, 0.25) is 5.15 Å². The number of ether oxygens (including phenoxy) is 2. The lowest BCUT2D eigenvalue weighted by Crippen LogP contribution is -2.51. The van der Waals surface area contributed by atoms with Gasteiger partial charge in [0, 0.05) is 15.6 Å². The van der Waals surface area contributed by atoms with Crippen molar-refractivity contribution in [1.82, 2.24) is 9.71 Å². The number of hydrogen-bond acceptors (Lipinski definition) is 5. The minimum Gasteiger partial charge on any atom is -0.460 e. The fraction of sp³-hybridized carbons (Fsp3) is 0.478. The third kappa shape index (κ3) is 5.19. The standard InChI is InChI=1S/C23H28BrClN2O4S/c1-13-20-16(11-18(25)26-13)23(27-32(29)22(5,6)7,12-19(28)31-21(2,3)4)15-10-14(24)8-9-17(15)30-20/h8-11,27H,12H2,1-7H3. The average Bonchev–Trinajstić information content (AvgIpc) is 2.61. The van der Waals surface area contributed by atoms with Gasteiger partial charge in [0.1, 0.15) is 16.5 Å². The van der Waals surface area contributed by atoms with E-state index in [1.54, 1.807) is 13.0 Å². The van der Waals surface area contributed by atoms with Crippen LogP contribution in [0.4, 0.5) is 0 Å². The second-order valence-electron chi connectivity index (χ2n) is 9.80. The van der Waals surface area contributed by atoms with Crippen LogP contribution in [-0.4, -0.2) is 25.5 Å². The van der Waals surface area contributed by atoms with E-state index in [0.29, 0.717) is 28.3 Å². The topological polar surface area (TPSA) is 77.5 Å². The van der Waals surface area contributed by atoms with Crippen LogP contribution in [0.25, 0.3) is 0 Å². The van der Waals surface area contributed by atoms with Gasteiger partial charge in [0.2, 0.25) is 0 Å². The molecule has 3 rings (SSSR count). The van der Waals surface area contributed by atoms with Crippen molar-refractivity contribution in [1.29, 1.82) is 0 Å². The molecule has 1 aliphatic heterocycles. The van der Waals surface area contributed by atoms with Crippen LogP contribution in [0.1, 0.15) is 64.8 Å². The van der Waals surface area contributed by atoms with E-state index in [0.717, 1.165) is 4.47 Å². The van der Waals surface area contributed by atoms with Crippen molar-refractivity contribution >= 4 is 44.5 Å². The third-order valence-corrected chi connectivity index (χ3v) is 7.17. The first kappa shape index (κ1) is 25.1. The molecule has 174 valence electrons. The van der Waals surface area contributed by atoms with Crippen molar-refractivity contribution in [2.24, 2.45) is 0 Å². The Morgan fingerprint density at radius 2 is 1.88 bits per heavy atom. The average molecular weight is 544 g/mol. The highest BCUT2D eigenvalue weighted by molar-refractivity contribution is 9.10. The summed E-state index contributed by atoms with van der Waals surface area (Å²) in [6.07, 6.45) is -0.119. The molecule has 0 aliphatic carbocycles. The Balaban J connectivity index is 2.32. The van der Waals surface area contributed by atoms with Gasteiger partial charge in [0.05, 0.1) is 33.4 Å². The molecule has 0 saturated carbocycles. The number of carbonyl (C=O) groups is 1. The minimum absolute atomic E-state index is 0.119. The molecule has 1 aromatic heterocycles. The van der Waals surface area contributed by atoms with Gasteiger partial charge in [0.15, 0.2) is 5.75 Å². The highest BCUT2D eigenvalue weighted by Crippen LogP contribution is 2.51.